The Morgan fingerprint density at radius 3 is 2.85 bits per heavy atom. The van der Waals surface area contributed by atoms with E-state index in [4.69, 9.17) is 15.2 Å². The number of amides is 1. The number of carbonyl (C=O) groups is 1. The summed E-state index contributed by atoms with van der Waals surface area (Å²) >= 11 is 0. The van der Waals surface area contributed by atoms with E-state index in [9.17, 15) is 4.79 Å². The molecular formula is C20H24N4O3. The van der Waals surface area contributed by atoms with Crippen LogP contribution in [-0.4, -0.2) is 35.1 Å². The predicted octanol–water partition coefficient (Wildman–Crippen LogP) is 2.89. The minimum atomic E-state index is -0.152. The van der Waals surface area contributed by atoms with Crippen molar-refractivity contribution < 1.29 is 14.3 Å². The number of ether oxygens (including phenoxy) is 2. The van der Waals surface area contributed by atoms with Gasteiger partial charge >= 0.3 is 0 Å². The molecule has 1 unspecified atom stereocenters. The molecule has 0 aliphatic rings. The number of rotatable bonds is 7. The molecule has 3 N–H and O–H groups in total. The summed E-state index contributed by atoms with van der Waals surface area (Å²) in [5.74, 6) is 1.02. The largest absolute Gasteiger partial charge is 0.495 e. The van der Waals surface area contributed by atoms with E-state index in [1.165, 1.54) is 0 Å². The molecule has 2 heterocycles. The summed E-state index contributed by atoms with van der Waals surface area (Å²) in [6.45, 7) is 3.92. The highest BCUT2D eigenvalue weighted by Gasteiger charge is 2.12. The van der Waals surface area contributed by atoms with Crippen LogP contribution in [0.2, 0.25) is 0 Å². The number of anilines is 1. The minimum absolute atomic E-state index is 0.0539. The molecular weight excluding hydrogens is 344 g/mol. The number of nitrogens with one attached hydrogen (secondary N) is 1. The molecule has 7 heteroatoms. The number of nitrogen functional groups attached to an aromatic ring is 1. The van der Waals surface area contributed by atoms with Crippen molar-refractivity contribution >= 4 is 17.2 Å². The Balaban J connectivity index is 1.83. The SMILES string of the molecule is CCC(C)NC(=O)COc1cccn2cc(-c3ccc(OC)c(N)c3)nc12. The highest BCUT2D eigenvalue weighted by molar-refractivity contribution is 5.78. The van der Waals surface area contributed by atoms with Crippen LogP contribution in [0.25, 0.3) is 16.9 Å². The van der Waals surface area contributed by atoms with Crippen molar-refractivity contribution in [2.24, 2.45) is 0 Å². The zero-order chi connectivity index (χ0) is 19.4. The molecule has 1 aromatic carbocycles. The standard InChI is InChI=1S/C20H24N4O3/c1-4-13(2)22-19(25)12-27-18-6-5-9-24-11-16(23-20(18)24)14-7-8-17(26-3)15(21)10-14/h5-11,13H,4,12,21H2,1-3H3,(H,22,25). The fraction of sp³-hybridized carbons (Fsp3) is 0.300. The number of imidazole rings is 1. The Bertz CT molecular complexity index is 952. The lowest BCUT2D eigenvalue weighted by molar-refractivity contribution is -0.123. The Labute approximate surface area is 158 Å². The van der Waals surface area contributed by atoms with Gasteiger partial charge in [-0.05, 0) is 43.7 Å². The van der Waals surface area contributed by atoms with Crippen molar-refractivity contribution in [1.82, 2.24) is 14.7 Å². The number of fused-ring (bicyclic) bond motifs is 1. The van der Waals surface area contributed by atoms with Crippen LogP contribution in [0.5, 0.6) is 11.5 Å². The normalized spacial score (nSPS) is 12.0. The van der Waals surface area contributed by atoms with Gasteiger partial charge in [-0.2, -0.15) is 0 Å². The maximum Gasteiger partial charge on any atom is 0.258 e. The molecule has 1 atom stereocenters. The zero-order valence-electron chi connectivity index (χ0n) is 15.7. The fourth-order valence-corrected chi connectivity index (χ4v) is 2.69. The van der Waals surface area contributed by atoms with Gasteiger partial charge in [0.05, 0.1) is 18.5 Å². The summed E-state index contributed by atoms with van der Waals surface area (Å²) < 4.78 is 12.7. The fourth-order valence-electron chi connectivity index (χ4n) is 2.69. The molecule has 142 valence electrons. The number of methoxy groups -OCH3 is 1. The second kappa shape index (κ2) is 7.99. The van der Waals surface area contributed by atoms with E-state index in [1.807, 2.05) is 54.9 Å². The molecule has 2 aromatic heterocycles. The summed E-state index contributed by atoms with van der Waals surface area (Å²) in [5, 5.41) is 2.88. The molecule has 0 aliphatic carbocycles. The van der Waals surface area contributed by atoms with Gasteiger partial charge in [0.1, 0.15) is 5.75 Å². The number of nitrogens with zero attached hydrogens (tertiary/aromatic N) is 2. The molecule has 1 amide bonds. The van der Waals surface area contributed by atoms with Crippen molar-refractivity contribution in [3.63, 3.8) is 0 Å². The van der Waals surface area contributed by atoms with Crippen molar-refractivity contribution in [2.45, 2.75) is 26.3 Å². The average Bonchev–Trinajstić information content (AvgIpc) is 3.11. The first-order valence-electron chi connectivity index (χ1n) is 8.85. The van der Waals surface area contributed by atoms with Crippen LogP contribution in [-0.2, 0) is 4.79 Å². The number of hydrogen-bond acceptors (Lipinski definition) is 5. The van der Waals surface area contributed by atoms with Gasteiger partial charge in [0.2, 0.25) is 0 Å². The Hall–Kier alpha value is -3.22. The summed E-state index contributed by atoms with van der Waals surface area (Å²) in [5.41, 5.74) is 8.81. The molecule has 3 rings (SSSR count). The van der Waals surface area contributed by atoms with Crippen LogP contribution in [0.3, 0.4) is 0 Å². The lowest BCUT2D eigenvalue weighted by Gasteiger charge is -2.12. The summed E-state index contributed by atoms with van der Waals surface area (Å²) in [6, 6.07) is 9.30. The Morgan fingerprint density at radius 1 is 1.33 bits per heavy atom. The highest BCUT2D eigenvalue weighted by Crippen LogP contribution is 2.29. The third-order valence-electron chi connectivity index (χ3n) is 4.35. The van der Waals surface area contributed by atoms with E-state index in [1.54, 1.807) is 13.2 Å². The highest BCUT2D eigenvalue weighted by atomic mass is 16.5. The van der Waals surface area contributed by atoms with Gasteiger partial charge in [0, 0.05) is 24.0 Å². The van der Waals surface area contributed by atoms with Crippen molar-refractivity contribution in [2.75, 3.05) is 19.5 Å². The molecule has 0 saturated carbocycles. The smallest absolute Gasteiger partial charge is 0.258 e. The van der Waals surface area contributed by atoms with Crippen LogP contribution in [0, 0.1) is 0 Å². The van der Waals surface area contributed by atoms with Crippen LogP contribution in [0.15, 0.2) is 42.7 Å². The molecule has 0 radical (unpaired) electrons. The quantitative estimate of drug-likeness (QED) is 0.626. The van der Waals surface area contributed by atoms with E-state index in [-0.39, 0.29) is 18.6 Å². The first-order chi connectivity index (χ1) is 13.0. The van der Waals surface area contributed by atoms with Crippen molar-refractivity contribution in [3.05, 3.63) is 42.7 Å². The molecule has 7 nitrogen and oxygen atoms in total. The number of carbonyl (C=O) groups excluding carboxylic acids is 1. The zero-order valence-corrected chi connectivity index (χ0v) is 15.7. The summed E-state index contributed by atoms with van der Waals surface area (Å²) in [4.78, 5) is 16.6. The Morgan fingerprint density at radius 2 is 2.15 bits per heavy atom. The summed E-state index contributed by atoms with van der Waals surface area (Å²) in [7, 11) is 1.58. The minimum Gasteiger partial charge on any atom is -0.495 e. The van der Waals surface area contributed by atoms with E-state index in [0.29, 0.717) is 22.8 Å². The lowest BCUT2D eigenvalue weighted by Crippen LogP contribution is -2.35. The van der Waals surface area contributed by atoms with E-state index in [0.717, 1.165) is 17.7 Å². The first kappa shape index (κ1) is 18.6. The summed E-state index contributed by atoms with van der Waals surface area (Å²) in [6.07, 6.45) is 4.64. The molecule has 0 spiro atoms. The number of pyridine rings is 1. The van der Waals surface area contributed by atoms with Gasteiger partial charge in [0.25, 0.3) is 5.91 Å². The first-order valence-corrected chi connectivity index (χ1v) is 8.85. The van der Waals surface area contributed by atoms with Crippen LogP contribution in [0.4, 0.5) is 5.69 Å². The third-order valence-corrected chi connectivity index (χ3v) is 4.35. The molecule has 0 fully saturated rings. The number of nitrogens with two attached hydrogens (primary N) is 1. The molecule has 3 aromatic rings. The van der Waals surface area contributed by atoms with Crippen molar-refractivity contribution in [3.8, 4) is 22.8 Å². The van der Waals surface area contributed by atoms with E-state index >= 15 is 0 Å². The van der Waals surface area contributed by atoms with Crippen molar-refractivity contribution in [1.29, 1.82) is 0 Å². The second-order valence-electron chi connectivity index (χ2n) is 6.35. The van der Waals surface area contributed by atoms with Crippen LogP contribution < -0.4 is 20.5 Å². The lowest BCUT2D eigenvalue weighted by atomic mass is 10.1. The maximum absolute atomic E-state index is 12.0. The molecule has 0 saturated heterocycles. The van der Waals surface area contributed by atoms with Gasteiger partial charge in [0.15, 0.2) is 18.0 Å². The van der Waals surface area contributed by atoms with Crippen LogP contribution >= 0.6 is 0 Å². The Kier molecular flexibility index (Phi) is 5.49. The monoisotopic (exact) mass is 368 g/mol. The molecule has 27 heavy (non-hydrogen) atoms. The van der Waals surface area contributed by atoms with Gasteiger partial charge in [-0.3, -0.25) is 4.79 Å². The van der Waals surface area contributed by atoms with Gasteiger partial charge in [-0.15, -0.1) is 0 Å². The third kappa shape index (κ3) is 4.13. The van der Waals surface area contributed by atoms with Gasteiger partial charge < -0.3 is 24.9 Å². The molecule has 0 bridgehead atoms. The van der Waals surface area contributed by atoms with E-state index < -0.39 is 0 Å². The average molecular weight is 368 g/mol. The number of hydrogen-bond donors (Lipinski definition) is 2. The molecule has 0 aliphatic heterocycles. The van der Waals surface area contributed by atoms with Crippen LogP contribution in [0.1, 0.15) is 20.3 Å². The topological polar surface area (TPSA) is 90.9 Å². The van der Waals surface area contributed by atoms with Gasteiger partial charge in [-0.25, -0.2) is 4.98 Å². The maximum atomic E-state index is 12.0. The predicted molar refractivity (Wildman–Crippen MR) is 105 cm³/mol. The second-order valence-corrected chi connectivity index (χ2v) is 6.35. The number of aromatic nitrogens is 2. The number of benzene rings is 1. The van der Waals surface area contributed by atoms with E-state index in [2.05, 4.69) is 10.3 Å². The van der Waals surface area contributed by atoms with Gasteiger partial charge in [-0.1, -0.05) is 6.92 Å².